The second kappa shape index (κ2) is 8.74. The van der Waals surface area contributed by atoms with E-state index in [4.69, 9.17) is 4.74 Å². The Balaban J connectivity index is 1.69. The van der Waals surface area contributed by atoms with Crippen LogP contribution in [0, 0.1) is 6.92 Å². The summed E-state index contributed by atoms with van der Waals surface area (Å²) in [6.07, 6.45) is 9.88. The Hall–Kier alpha value is -2.08. The number of H-pyrrole nitrogens is 1. The minimum atomic E-state index is -0.207. The molecule has 0 atom stereocenters. The van der Waals surface area contributed by atoms with Crippen LogP contribution in [0.15, 0.2) is 17.2 Å². The highest BCUT2D eigenvalue weighted by Gasteiger charge is 2.25. The van der Waals surface area contributed by atoms with Gasteiger partial charge in [-0.1, -0.05) is 13.3 Å². The van der Waals surface area contributed by atoms with Crippen molar-refractivity contribution in [3.8, 4) is 0 Å². The van der Waals surface area contributed by atoms with Crippen LogP contribution in [-0.2, 0) is 11.3 Å². The highest BCUT2D eigenvalue weighted by Crippen LogP contribution is 2.24. The van der Waals surface area contributed by atoms with Crippen LogP contribution >= 0.6 is 0 Å². The van der Waals surface area contributed by atoms with Gasteiger partial charge in [0, 0.05) is 31.6 Å². The predicted molar refractivity (Wildman–Crippen MR) is 107 cm³/mol. The second-order valence-electron chi connectivity index (χ2n) is 7.52. The fourth-order valence-corrected chi connectivity index (χ4v) is 3.98. The number of pyridine rings is 1. The number of nitrogens with one attached hydrogen (secondary N) is 2. The molecule has 1 amide bonds. The number of aromatic nitrogens is 2. The lowest BCUT2D eigenvalue weighted by Crippen LogP contribution is -2.39. The molecule has 148 valence electrons. The van der Waals surface area contributed by atoms with Gasteiger partial charge in [0.2, 0.25) is 0 Å². The SMILES string of the molecule is CCCCO[C@H]1CC[C@H](NC(=O)c2cn(CC)c3c(C)c[nH]c(=O)c23)CC1. The summed E-state index contributed by atoms with van der Waals surface area (Å²) in [7, 11) is 0. The lowest BCUT2D eigenvalue weighted by atomic mass is 9.92. The first-order valence-corrected chi connectivity index (χ1v) is 10.2. The molecule has 2 heterocycles. The quantitative estimate of drug-likeness (QED) is 0.729. The monoisotopic (exact) mass is 373 g/mol. The van der Waals surface area contributed by atoms with E-state index in [0.29, 0.717) is 23.6 Å². The van der Waals surface area contributed by atoms with Gasteiger partial charge in [0.1, 0.15) is 0 Å². The first-order valence-electron chi connectivity index (χ1n) is 10.2. The maximum absolute atomic E-state index is 12.9. The molecular formula is C21H31N3O3. The summed E-state index contributed by atoms with van der Waals surface area (Å²) in [6, 6.07) is 0.146. The molecule has 0 radical (unpaired) electrons. The number of unbranched alkanes of at least 4 members (excludes halogenated alkanes) is 1. The Morgan fingerprint density at radius 3 is 2.70 bits per heavy atom. The normalized spacial score (nSPS) is 20.1. The van der Waals surface area contributed by atoms with E-state index < -0.39 is 0 Å². The number of ether oxygens (including phenoxy) is 1. The van der Waals surface area contributed by atoms with Crippen LogP contribution in [-0.4, -0.2) is 34.2 Å². The molecule has 6 heteroatoms. The van der Waals surface area contributed by atoms with Crippen molar-refractivity contribution in [2.45, 2.75) is 78.0 Å². The number of hydrogen-bond donors (Lipinski definition) is 2. The molecule has 0 aliphatic heterocycles. The van der Waals surface area contributed by atoms with Crippen molar-refractivity contribution < 1.29 is 9.53 Å². The summed E-state index contributed by atoms with van der Waals surface area (Å²) >= 11 is 0. The van der Waals surface area contributed by atoms with Crippen LogP contribution in [0.3, 0.4) is 0 Å². The van der Waals surface area contributed by atoms with Crippen molar-refractivity contribution in [1.82, 2.24) is 14.9 Å². The van der Waals surface area contributed by atoms with Crippen molar-refractivity contribution in [3.05, 3.63) is 33.9 Å². The molecule has 6 nitrogen and oxygen atoms in total. The first-order chi connectivity index (χ1) is 13.0. The third-order valence-electron chi connectivity index (χ3n) is 5.54. The molecular weight excluding hydrogens is 342 g/mol. The van der Waals surface area contributed by atoms with Gasteiger partial charge in [-0.2, -0.15) is 0 Å². The molecule has 2 N–H and O–H groups in total. The van der Waals surface area contributed by atoms with E-state index in [1.165, 1.54) is 0 Å². The van der Waals surface area contributed by atoms with E-state index in [1.807, 2.05) is 24.6 Å². The van der Waals surface area contributed by atoms with Crippen LogP contribution in [0.25, 0.3) is 10.9 Å². The van der Waals surface area contributed by atoms with Gasteiger partial charge >= 0.3 is 0 Å². The Kier molecular flexibility index (Phi) is 6.37. The molecule has 0 aromatic carbocycles. The van der Waals surface area contributed by atoms with Gasteiger partial charge in [-0.15, -0.1) is 0 Å². The summed E-state index contributed by atoms with van der Waals surface area (Å²) < 4.78 is 7.88. The molecule has 3 rings (SSSR count). The molecule has 27 heavy (non-hydrogen) atoms. The average Bonchev–Trinajstić information content (AvgIpc) is 3.07. The number of fused-ring (bicyclic) bond motifs is 1. The number of carbonyl (C=O) groups excluding carboxylic acids is 1. The van der Waals surface area contributed by atoms with Crippen LogP contribution in [0.5, 0.6) is 0 Å². The molecule has 1 aliphatic rings. The number of amides is 1. The lowest BCUT2D eigenvalue weighted by Gasteiger charge is -2.29. The van der Waals surface area contributed by atoms with Gasteiger partial charge in [0.25, 0.3) is 11.5 Å². The zero-order chi connectivity index (χ0) is 19.4. The summed E-state index contributed by atoms with van der Waals surface area (Å²) in [5, 5.41) is 3.63. The van der Waals surface area contributed by atoms with Gasteiger partial charge in [-0.05, 0) is 51.5 Å². The van der Waals surface area contributed by atoms with Gasteiger partial charge in [-0.25, -0.2) is 0 Å². The van der Waals surface area contributed by atoms with Crippen LogP contribution < -0.4 is 10.9 Å². The zero-order valence-corrected chi connectivity index (χ0v) is 16.6. The van der Waals surface area contributed by atoms with Crippen LogP contribution in [0.1, 0.15) is 68.3 Å². The molecule has 0 unspecified atom stereocenters. The van der Waals surface area contributed by atoms with E-state index >= 15 is 0 Å². The summed E-state index contributed by atoms with van der Waals surface area (Å²) in [4.78, 5) is 28.0. The maximum atomic E-state index is 12.9. The molecule has 0 bridgehead atoms. The second-order valence-corrected chi connectivity index (χ2v) is 7.52. The smallest absolute Gasteiger partial charge is 0.258 e. The standard InChI is InChI=1S/C21H31N3O3/c1-4-6-11-27-16-9-7-15(8-10-16)23-20(25)17-13-24(5-2)19-14(3)12-22-21(26)18(17)19/h12-13,15-16H,4-11H2,1-3H3,(H,22,26)(H,23,25)/t15-,16-. The van der Waals surface area contributed by atoms with Gasteiger partial charge in [0.05, 0.1) is 22.6 Å². The topological polar surface area (TPSA) is 76.1 Å². The summed E-state index contributed by atoms with van der Waals surface area (Å²) in [5.41, 5.74) is 2.08. The molecule has 1 aliphatic carbocycles. The van der Waals surface area contributed by atoms with Crippen molar-refractivity contribution >= 4 is 16.8 Å². The van der Waals surface area contributed by atoms with E-state index in [2.05, 4.69) is 17.2 Å². The molecule has 2 aromatic heterocycles. The van der Waals surface area contributed by atoms with Crippen LogP contribution in [0.4, 0.5) is 0 Å². The zero-order valence-electron chi connectivity index (χ0n) is 16.6. The Morgan fingerprint density at radius 1 is 1.30 bits per heavy atom. The number of carbonyl (C=O) groups is 1. The fraction of sp³-hybridized carbons (Fsp3) is 0.619. The number of hydrogen-bond acceptors (Lipinski definition) is 3. The van der Waals surface area contributed by atoms with E-state index in [9.17, 15) is 9.59 Å². The number of aromatic amines is 1. The number of aryl methyl sites for hydroxylation is 2. The van der Waals surface area contributed by atoms with Crippen molar-refractivity contribution in [2.75, 3.05) is 6.61 Å². The minimum absolute atomic E-state index is 0.146. The van der Waals surface area contributed by atoms with Gasteiger partial charge < -0.3 is 19.6 Å². The molecule has 1 fully saturated rings. The third kappa shape index (κ3) is 4.26. The largest absolute Gasteiger partial charge is 0.378 e. The molecule has 2 aromatic rings. The maximum Gasteiger partial charge on any atom is 0.258 e. The highest BCUT2D eigenvalue weighted by molar-refractivity contribution is 6.07. The van der Waals surface area contributed by atoms with E-state index in [-0.39, 0.29) is 17.5 Å². The average molecular weight is 373 g/mol. The van der Waals surface area contributed by atoms with Gasteiger partial charge in [0.15, 0.2) is 0 Å². The van der Waals surface area contributed by atoms with Gasteiger partial charge in [-0.3, -0.25) is 9.59 Å². The molecule has 0 saturated heterocycles. The first kappa shape index (κ1) is 19.7. The number of rotatable bonds is 7. The van der Waals surface area contributed by atoms with E-state index in [1.54, 1.807) is 6.20 Å². The number of nitrogens with zero attached hydrogens (tertiary/aromatic N) is 1. The molecule has 0 spiro atoms. The Bertz CT molecular complexity index is 844. The third-order valence-corrected chi connectivity index (χ3v) is 5.54. The summed E-state index contributed by atoms with van der Waals surface area (Å²) in [5.74, 6) is -0.154. The van der Waals surface area contributed by atoms with Crippen molar-refractivity contribution in [1.29, 1.82) is 0 Å². The molecule has 1 saturated carbocycles. The van der Waals surface area contributed by atoms with Crippen molar-refractivity contribution in [2.24, 2.45) is 0 Å². The predicted octanol–water partition coefficient (Wildman–Crippen LogP) is 3.52. The van der Waals surface area contributed by atoms with Crippen LogP contribution in [0.2, 0.25) is 0 Å². The Labute approximate surface area is 160 Å². The summed E-state index contributed by atoms with van der Waals surface area (Å²) in [6.45, 7) is 7.68. The van der Waals surface area contributed by atoms with E-state index in [0.717, 1.165) is 56.2 Å². The Morgan fingerprint density at radius 2 is 2.04 bits per heavy atom. The highest BCUT2D eigenvalue weighted by atomic mass is 16.5. The van der Waals surface area contributed by atoms with Crippen molar-refractivity contribution in [3.63, 3.8) is 0 Å². The lowest BCUT2D eigenvalue weighted by molar-refractivity contribution is 0.0209. The minimum Gasteiger partial charge on any atom is -0.378 e. The fourth-order valence-electron chi connectivity index (χ4n) is 3.98.